The summed E-state index contributed by atoms with van der Waals surface area (Å²) in [6.07, 6.45) is 1.59. The highest BCUT2D eigenvalue weighted by molar-refractivity contribution is 7.89. The highest BCUT2D eigenvalue weighted by atomic mass is 35.5. The Morgan fingerprint density at radius 2 is 2.19 bits per heavy atom. The van der Waals surface area contributed by atoms with Crippen LogP contribution >= 0.6 is 11.6 Å². The van der Waals surface area contributed by atoms with Crippen LogP contribution in [0.15, 0.2) is 33.8 Å². The van der Waals surface area contributed by atoms with Gasteiger partial charge in [-0.25, -0.2) is 13.4 Å². The number of morpholine rings is 1. The van der Waals surface area contributed by atoms with E-state index in [1.807, 2.05) is 6.92 Å². The zero-order chi connectivity index (χ0) is 18.3. The largest absolute Gasteiger partial charge is 0.422 e. The topological polar surface area (TPSA) is 103 Å². The van der Waals surface area contributed by atoms with E-state index in [4.69, 9.17) is 20.8 Å². The van der Waals surface area contributed by atoms with Crippen molar-refractivity contribution in [3.05, 3.63) is 41.3 Å². The zero-order valence-corrected chi connectivity index (χ0v) is 15.4. The van der Waals surface area contributed by atoms with E-state index in [0.717, 1.165) is 0 Å². The third-order valence-corrected chi connectivity index (χ3v) is 6.39. The highest BCUT2D eigenvalue weighted by Gasteiger charge is 2.37. The molecule has 1 saturated heterocycles. The molecular formula is C15H16ClN5O4S. The van der Waals surface area contributed by atoms with Crippen molar-refractivity contribution < 1.29 is 17.6 Å². The lowest BCUT2D eigenvalue weighted by Gasteiger charge is -2.30. The molecule has 0 aliphatic carbocycles. The predicted molar refractivity (Wildman–Crippen MR) is 91.3 cm³/mol. The lowest BCUT2D eigenvalue weighted by atomic mass is 10.3. The number of rotatable bonds is 4. The standard InChI is InChI=1S/C15H16ClN5O4S/c1-2-12-18-19-14(25-12)10-9-20(7-8-24-10)26(22,23)15-13(16)17-11-5-3-4-6-21(11)15/h3-6,10H,2,7-9H2,1H3. The van der Waals surface area contributed by atoms with Gasteiger partial charge >= 0.3 is 0 Å². The van der Waals surface area contributed by atoms with Crippen LogP contribution in [0.25, 0.3) is 5.65 Å². The van der Waals surface area contributed by atoms with Crippen molar-refractivity contribution in [1.29, 1.82) is 0 Å². The van der Waals surface area contributed by atoms with Gasteiger partial charge in [0.2, 0.25) is 11.8 Å². The Morgan fingerprint density at radius 1 is 1.35 bits per heavy atom. The van der Waals surface area contributed by atoms with E-state index in [0.29, 0.717) is 18.0 Å². The van der Waals surface area contributed by atoms with Gasteiger partial charge in [-0.15, -0.1) is 10.2 Å². The molecule has 1 atom stereocenters. The molecule has 138 valence electrons. The summed E-state index contributed by atoms with van der Waals surface area (Å²) in [5, 5.41) is 7.73. The molecule has 1 fully saturated rings. The van der Waals surface area contributed by atoms with Crippen LogP contribution in [0.5, 0.6) is 0 Å². The average molecular weight is 398 g/mol. The Labute approximate surface area is 154 Å². The summed E-state index contributed by atoms with van der Waals surface area (Å²) in [5.74, 6) is 0.749. The number of hydrogen-bond acceptors (Lipinski definition) is 7. The van der Waals surface area contributed by atoms with Crippen LogP contribution < -0.4 is 0 Å². The molecule has 4 heterocycles. The number of fused-ring (bicyclic) bond motifs is 1. The third-order valence-electron chi connectivity index (χ3n) is 4.12. The van der Waals surface area contributed by atoms with Gasteiger partial charge in [-0.05, 0) is 12.1 Å². The number of halogens is 1. The number of hydrogen-bond donors (Lipinski definition) is 0. The lowest BCUT2D eigenvalue weighted by Crippen LogP contribution is -2.42. The lowest BCUT2D eigenvalue weighted by molar-refractivity contribution is -0.0178. The third kappa shape index (κ3) is 2.88. The first-order valence-corrected chi connectivity index (χ1v) is 9.89. The van der Waals surface area contributed by atoms with E-state index in [1.165, 1.54) is 8.71 Å². The minimum absolute atomic E-state index is 0.0596. The first-order chi connectivity index (χ1) is 12.5. The van der Waals surface area contributed by atoms with Gasteiger partial charge in [-0.2, -0.15) is 4.31 Å². The van der Waals surface area contributed by atoms with Crippen LogP contribution in [0, 0.1) is 0 Å². The normalized spacial score (nSPS) is 19.2. The molecule has 1 aliphatic rings. The van der Waals surface area contributed by atoms with E-state index >= 15 is 0 Å². The molecule has 0 bridgehead atoms. The smallest absolute Gasteiger partial charge is 0.262 e. The van der Waals surface area contributed by atoms with Crippen molar-refractivity contribution in [3.63, 3.8) is 0 Å². The van der Waals surface area contributed by atoms with Crippen LogP contribution in [0.1, 0.15) is 24.8 Å². The predicted octanol–water partition coefficient (Wildman–Crippen LogP) is 1.70. The maximum atomic E-state index is 13.2. The zero-order valence-electron chi connectivity index (χ0n) is 13.9. The monoisotopic (exact) mass is 397 g/mol. The minimum atomic E-state index is -3.88. The molecular weight excluding hydrogens is 382 g/mol. The fourth-order valence-corrected chi connectivity index (χ4v) is 4.85. The Balaban J connectivity index is 1.68. The molecule has 26 heavy (non-hydrogen) atoms. The first-order valence-electron chi connectivity index (χ1n) is 8.07. The van der Waals surface area contributed by atoms with Crippen LogP contribution in [-0.4, -0.2) is 52.0 Å². The second-order valence-corrected chi connectivity index (χ2v) is 7.96. The SMILES string of the molecule is CCc1nnc(C2CN(S(=O)(=O)c3c(Cl)nc4ccccn34)CCO2)o1. The van der Waals surface area contributed by atoms with Crippen LogP contribution in [0.4, 0.5) is 0 Å². The van der Waals surface area contributed by atoms with Gasteiger partial charge in [-0.3, -0.25) is 4.40 Å². The van der Waals surface area contributed by atoms with Crippen molar-refractivity contribution in [2.24, 2.45) is 0 Å². The molecule has 3 aromatic rings. The number of pyridine rings is 1. The Kier molecular flexibility index (Phi) is 4.43. The average Bonchev–Trinajstić information content (AvgIpc) is 3.25. The van der Waals surface area contributed by atoms with Gasteiger partial charge in [0, 0.05) is 25.7 Å². The molecule has 0 saturated carbocycles. The molecule has 1 unspecified atom stereocenters. The van der Waals surface area contributed by atoms with Gasteiger partial charge in [-0.1, -0.05) is 24.6 Å². The summed E-state index contributed by atoms with van der Waals surface area (Å²) < 4.78 is 40.3. The molecule has 3 aromatic heterocycles. The molecule has 0 aromatic carbocycles. The van der Waals surface area contributed by atoms with Gasteiger partial charge in [0.1, 0.15) is 11.8 Å². The van der Waals surface area contributed by atoms with Crippen molar-refractivity contribution in [2.75, 3.05) is 19.7 Å². The van der Waals surface area contributed by atoms with Crippen LogP contribution in [-0.2, 0) is 21.2 Å². The molecule has 0 amide bonds. The summed E-state index contributed by atoms with van der Waals surface area (Å²) in [5.41, 5.74) is 0.463. The summed E-state index contributed by atoms with van der Waals surface area (Å²) in [6, 6.07) is 5.18. The number of aryl methyl sites for hydroxylation is 1. The van der Waals surface area contributed by atoms with E-state index < -0.39 is 16.1 Å². The summed E-state index contributed by atoms with van der Waals surface area (Å²) in [7, 11) is -3.88. The molecule has 0 radical (unpaired) electrons. The molecule has 11 heteroatoms. The molecule has 1 aliphatic heterocycles. The van der Waals surface area contributed by atoms with Crippen molar-refractivity contribution in [2.45, 2.75) is 24.5 Å². The van der Waals surface area contributed by atoms with Crippen molar-refractivity contribution in [1.82, 2.24) is 23.9 Å². The Bertz CT molecular complexity index is 1050. The second-order valence-electron chi connectivity index (χ2n) is 5.75. The minimum Gasteiger partial charge on any atom is -0.422 e. The van der Waals surface area contributed by atoms with Gasteiger partial charge in [0.25, 0.3) is 10.0 Å². The number of sulfonamides is 1. The van der Waals surface area contributed by atoms with Crippen LogP contribution in [0.3, 0.4) is 0 Å². The fraction of sp³-hybridized carbons (Fsp3) is 0.400. The molecule has 0 N–H and O–H groups in total. The quantitative estimate of drug-likeness (QED) is 0.659. The number of nitrogens with zero attached hydrogens (tertiary/aromatic N) is 5. The van der Waals surface area contributed by atoms with Crippen molar-refractivity contribution in [3.8, 4) is 0 Å². The fourth-order valence-electron chi connectivity index (χ4n) is 2.83. The van der Waals surface area contributed by atoms with Gasteiger partial charge in [0.15, 0.2) is 10.2 Å². The molecule has 9 nitrogen and oxygen atoms in total. The van der Waals surface area contributed by atoms with Gasteiger partial charge in [0.05, 0.1) is 6.61 Å². The van der Waals surface area contributed by atoms with Gasteiger partial charge < -0.3 is 9.15 Å². The number of ether oxygens (including phenoxy) is 1. The highest BCUT2D eigenvalue weighted by Crippen LogP contribution is 2.29. The Morgan fingerprint density at radius 3 is 2.96 bits per heavy atom. The summed E-state index contributed by atoms with van der Waals surface area (Å²) in [6.45, 7) is 2.36. The molecule has 4 rings (SSSR count). The molecule has 0 spiro atoms. The van der Waals surface area contributed by atoms with Crippen molar-refractivity contribution >= 4 is 27.3 Å². The summed E-state index contributed by atoms with van der Waals surface area (Å²) in [4.78, 5) is 4.12. The number of imidazole rings is 1. The van der Waals surface area contributed by atoms with E-state index in [-0.39, 0.29) is 35.8 Å². The van der Waals surface area contributed by atoms with E-state index in [9.17, 15) is 8.42 Å². The number of aromatic nitrogens is 4. The Hall–Kier alpha value is -2.01. The van der Waals surface area contributed by atoms with E-state index in [2.05, 4.69) is 15.2 Å². The maximum Gasteiger partial charge on any atom is 0.262 e. The maximum absolute atomic E-state index is 13.2. The van der Waals surface area contributed by atoms with E-state index in [1.54, 1.807) is 24.4 Å². The second kappa shape index (κ2) is 6.62. The first kappa shape index (κ1) is 17.4. The summed E-state index contributed by atoms with van der Waals surface area (Å²) >= 11 is 6.14. The van der Waals surface area contributed by atoms with Crippen LogP contribution in [0.2, 0.25) is 5.15 Å².